The van der Waals surface area contributed by atoms with Gasteiger partial charge in [0.1, 0.15) is 0 Å². The number of alkyl halides is 18. The summed E-state index contributed by atoms with van der Waals surface area (Å²) in [6.07, 6.45) is -13.8. The molecule has 210 valence electrons. The summed E-state index contributed by atoms with van der Waals surface area (Å²) in [5.74, 6) is -47.0. The molecule has 0 atom stereocenters. The Morgan fingerprint density at radius 1 is 0.444 bits per heavy atom. The van der Waals surface area contributed by atoms with Crippen molar-refractivity contribution in [3.05, 3.63) is 24.3 Å². The minimum Gasteiger partial charge on any atom is -0.424 e. The van der Waals surface area contributed by atoms with E-state index in [0.717, 1.165) is 0 Å². The fourth-order valence-electron chi connectivity index (χ4n) is 2.02. The Bertz CT molecular complexity index is 839. The molecule has 0 fully saturated rings. The maximum Gasteiger partial charge on any atom is 0.471 e. The molecule has 0 spiro atoms. The molecular weight excluding hydrogens is 566 g/mol. The van der Waals surface area contributed by atoms with Crippen LogP contribution in [0, 0.1) is 0 Å². The van der Waals surface area contributed by atoms with E-state index < -0.39 is 72.6 Å². The van der Waals surface area contributed by atoms with Crippen LogP contribution in [0.15, 0.2) is 24.3 Å². The number of hydrogen-bond donors (Lipinski definition) is 0. The van der Waals surface area contributed by atoms with E-state index in [1.54, 1.807) is 0 Å². The molecule has 0 saturated heterocycles. The molecule has 0 radical (unpaired) electrons. The van der Waals surface area contributed by atoms with Gasteiger partial charge in [-0.3, -0.25) is 0 Å². The van der Waals surface area contributed by atoms with Gasteiger partial charge in [-0.2, -0.15) is 70.2 Å². The van der Waals surface area contributed by atoms with Crippen LogP contribution in [-0.4, -0.2) is 61.1 Å². The van der Waals surface area contributed by atoms with Crippen molar-refractivity contribution in [2.45, 2.75) is 47.8 Å². The SMILES string of the molecule is FCC(F)(F)C(F)(F)C(F)(F)C(F)(F)Oc1ccccc1OC(F)(F)C(F)(F)C(F)(F)C(F)(F)CF. The second-order valence-corrected chi connectivity index (χ2v) is 6.66. The predicted molar refractivity (Wildman–Crippen MR) is 79.2 cm³/mol. The van der Waals surface area contributed by atoms with Crippen LogP contribution < -0.4 is 9.47 Å². The van der Waals surface area contributed by atoms with Gasteiger partial charge in [0.2, 0.25) is 0 Å². The standard InChI is InChI=1S/C16H8F18O2/c17-5-9(19,20)11(23,24)13(27,28)15(31,32)35-7-3-1-2-4-8(7)36-16(33,34)14(29,30)12(25,26)10(21,22)6-18/h1-4H,5-6H2. The molecule has 20 heteroatoms. The summed E-state index contributed by atoms with van der Waals surface area (Å²) in [5, 5.41) is 0. The van der Waals surface area contributed by atoms with Gasteiger partial charge in [0.05, 0.1) is 0 Å². The van der Waals surface area contributed by atoms with E-state index in [0.29, 0.717) is 12.1 Å². The second kappa shape index (κ2) is 9.14. The lowest BCUT2D eigenvalue weighted by molar-refractivity contribution is -0.413. The van der Waals surface area contributed by atoms with E-state index >= 15 is 0 Å². The number of hydrogen-bond acceptors (Lipinski definition) is 2. The maximum atomic E-state index is 13.7. The molecule has 0 heterocycles. The molecule has 0 N–H and O–H groups in total. The van der Waals surface area contributed by atoms with Crippen molar-refractivity contribution in [3.8, 4) is 11.5 Å². The normalized spacial score (nSPS) is 15.2. The first-order chi connectivity index (χ1) is 15.8. The Morgan fingerprint density at radius 2 is 0.694 bits per heavy atom. The minimum absolute atomic E-state index is 0.229. The topological polar surface area (TPSA) is 18.5 Å². The largest absolute Gasteiger partial charge is 0.471 e. The van der Waals surface area contributed by atoms with Crippen LogP contribution in [0.3, 0.4) is 0 Å². The third-order valence-electron chi connectivity index (χ3n) is 4.10. The Labute approximate surface area is 186 Å². The van der Waals surface area contributed by atoms with Crippen LogP contribution in [0.1, 0.15) is 0 Å². The van der Waals surface area contributed by atoms with Crippen molar-refractivity contribution >= 4 is 0 Å². The summed E-state index contributed by atoms with van der Waals surface area (Å²) < 4.78 is 243. The van der Waals surface area contributed by atoms with E-state index in [-0.39, 0.29) is 12.1 Å². The zero-order valence-corrected chi connectivity index (χ0v) is 16.3. The lowest BCUT2D eigenvalue weighted by atomic mass is 10.0. The molecule has 1 aromatic carbocycles. The Morgan fingerprint density at radius 3 is 0.917 bits per heavy atom. The zero-order valence-electron chi connectivity index (χ0n) is 16.3. The molecule has 0 bridgehead atoms. The number of benzene rings is 1. The smallest absolute Gasteiger partial charge is 0.424 e. The molecule has 0 unspecified atom stereocenters. The van der Waals surface area contributed by atoms with Crippen molar-refractivity contribution in [1.29, 1.82) is 0 Å². The van der Waals surface area contributed by atoms with Crippen molar-refractivity contribution in [2.75, 3.05) is 13.3 Å². The zero-order chi connectivity index (χ0) is 28.8. The average molecular weight is 574 g/mol. The number of ether oxygens (including phenoxy) is 2. The van der Waals surface area contributed by atoms with Gasteiger partial charge in [0.15, 0.2) is 24.8 Å². The van der Waals surface area contributed by atoms with Crippen LogP contribution >= 0.6 is 0 Å². The molecule has 1 rings (SSSR count). The number of rotatable bonds is 12. The summed E-state index contributed by atoms with van der Waals surface area (Å²) >= 11 is 0. The van der Waals surface area contributed by atoms with E-state index in [2.05, 4.69) is 9.47 Å². The van der Waals surface area contributed by atoms with Crippen molar-refractivity contribution in [1.82, 2.24) is 0 Å². The maximum absolute atomic E-state index is 13.7. The number of halogens is 18. The van der Waals surface area contributed by atoms with Crippen molar-refractivity contribution in [2.24, 2.45) is 0 Å². The van der Waals surface area contributed by atoms with Crippen molar-refractivity contribution in [3.63, 3.8) is 0 Å². The van der Waals surface area contributed by atoms with Gasteiger partial charge in [-0.15, -0.1) is 0 Å². The highest BCUT2D eigenvalue weighted by Crippen LogP contribution is 2.55. The molecular formula is C16H8F18O2. The molecule has 0 saturated carbocycles. The Hall–Kier alpha value is -2.44. The summed E-state index contributed by atoms with van der Waals surface area (Å²) in [7, 11) is 0. The molecule has 1 aromatic rings. The van der Waals surface area contributed by atoms with E-state index in [1.165, 1.54) is 0 Å². The summed E-state index contributed by atoms with van der Waals surface area (Å²) in [6.45, 7) is -7.24. The van der Waals surface area contributed by atoms with E-state index in [1.807, 2.05) is 0 Å². The molecule has 0 amide bonds. The second-order valence-electron chi connectivity index (χ2n) is 6.66. The van der Waals surface area contributed by atoms with Crippen LogP contribution in [-0.2, 0) is 0 Å². The molecule has 0 aliphatic heterocycles. The fraction of sp³-hybridized carbons (Fsp3) is 0.625. The predicted octanol–water partition coefficient (Wildman–Crippen LogP) is 7.38. The van der Waals surface area contributed by atoms with Crippen LogP contribution in [0.5, 0.6) is 11.5 Å². The Kier molecular flexibility index (Phi) is 8.02. The van der Waals surface area contributed by atoms with Gasteiger partial charge in [0, 0.05) is 0 Å². The summed E-state index contributed by atoms with van der Waals surface area (Å²) in [5.41, 5.74) is 0. The molecule has 0 aliphatic rings. The van der Waals surface area contributed by atoms with Gasteiger partial charge in [0.25, 0.3) is 0 Å². The number of para-hydroxylation sites is 2. The minimum atomic E-state index is -7.37. The first kappa shape index (κ1) is 31.6. The molecule has 0 aromatic heterocycles. The summed E-state index contributed by atoms with van der Waals surface area (Å²) in [4.78, 5) is 0. The third kappa shape index (κ3) is 4.78. The van der Waals surface area contributed by atoms with Gasteiger partial charge in [-0.1, -0.05) is 12.1 Å². The van der Waals surface area contributed by atoms with E-state index in [9.17, 15) is 79.0 Å². The average Bonchev–Trinajstić information content (AvgIpc) is 2.73. The van der Waals surface area contributed by atoms with Gasteiger partial charge >= 0.3 is 47.8 Å². The van der Waals surface area contributed by atoms with Crippen LogP contribution in [0.25, 0.3) is 0 Å². The van der Waals surface area contributed by atoms with Crippen LogP contribution in [0.2, 0.25) is 0 Å². The first-order valence-electron chi connectivity index (χ1n) is 8.41. The third-order valence-corrected chi connectivity index (χ3v) is 4.10. The van der Waals surface area contributed by atoms with Gasteiger partial charge < -0.3 is 9.47 Å². The monoisotopic (exact) mass is 574 g/mol. The highest BCUT2D eigenvalue weighted by molar-refractivity contribution is 5.40. The van der Waals surface area contributed by atoms with Crippen LogP contribution in [0.4, 0.5) is 79.0 Å². The van der Waals surface area contributed by atoms with E-state index in [4.69, 9.17) is 0 Å². The van der Waals surface area contributed by atoms with Gasteiger partial charge in [-0.25, -0.2) is 8.78 Å². The lowest BCUT2D eigenvalue weighted by Gasteiger charge is -2.36. The molecule has 2 nitrogen and oxygen atoms in total. The highest BCUT2D eigenvalue weighted by atomic mass is 19.4. The molecule has 0 aliphatic carbocycles. The molecule has 36 heavy (non-hydrogen) atoms. The fourth-order valence-corrected chi connectivity index (χ4v) is 2.02. The highest BCUT2D eigenvalue weighted by Gasteiger charge is 2.84. The Balaban J connectivity index is 3.47. The van der Waals surface area contributed by atoms with Crippen molar-refractivity contribution < 1.29 is 88.5 Å². The summed E-state index contributed by atoms with van der Waals surface area (Å²) in [6, 6.07) is 0.195. The quantitative estimate of drug-likeness (QED) is 0.243. The first-order valence-corrected chi connectivity index (χ1v) is 8.41. The van der Waals surface area contributed by atoms with Gasteiger partial charge in [-0.05, 0) is 12.1 Å². The lowest BCUT2D eigenvalue weighted by Crippen LogP contribution is -2.65.